The highest BCUT2D eigenvalue weighted by atomic mass is 32.2. The number of carbonyl (C=O) groups is 2. The number of nitrogens with one attached hydrogen (secondary N) is 2. The molecule has 1 aromatic carbocycles. The van der Waals surface area contributed by atoms with Crippen LogP contribution < -0.4 is 10.6 Å². The summed E-state index contributed by atoms with van der Waals surface area (Å²) in [5.41, 5.74) is 1.82. The first-order valence-electron chi connectivity index (χ1n) is 10.9. The van der Waals surface area contributed by atoms with E-state index in [-0.39, 0.29) is 28.6 Å². The molecule has 0 atom stereocenters. The Balaban J connectivity index is 2.02. The molecule has 34 heavy (non-hydrogen) atoms. The van der Waals surface area contributed by atoms with E-state index in [2.05, 4.69) is 15.6 Å². The minimum atomic E-state index is -3.75. The molecule has 2 aromatic rings. The smallest absolute Gasteiger partial charge is 0.343 e. The van der Waals surface area contributed by atoms with Gasteiger partial charge in [-0.2, -0.15) is 4.31 Å². The Morgan fingerprint density at radius 3 is 2.50 bits per heavy atom. The minimum Gasteiger partial charge on any atom is -0.462 e. The standard InChI is InChI=1S/C23H29N5O5S/c1-6-28(7-2)34(31,32)16-13-19(27(5)14-16)22(29)26-21-20(23(30)33-8-3)15(4)24-17-11-9-10-12-18(17)25-21/h9-14,24H,6-8H2,1-5H3,(H,25,26,29). The van der Waals surface area contributed by atoms with Gasteiger partial charge in [-0.25, -0.2) is 18.2 Å². The number of hydrogen-bond donors (Lipinski definition) is 2. The molecule has 0 saturated carbocycles. The van der Waals surface area contributed by atoms with Crippen LogP contribution in [0.3, 0.4) is 0 Å². The molecule has 0 fully saturated rings. The van der Waals surface area contributed by atoms with Crippen LogP contribution in [0.25, 0.3) is 0 Å². The number of anilines is 1. The largest absolute Gasteiger partial charge is 0.462 e. The minimum absolute atomic E-state index is 0.00718. The molecule has 0 bridgehead atoms. The third-order valence-electron chi connectivity index (χ3n) is 5.34. The third kappa shape index (κ3) is 4.90. The monoisotopic (exact) mass is 487 g/mol. The molecule has 1 amide bonds. The van der Waals surface area contributed by atoms with Crippen LogP contribution in [-0.4, -0.2) is 54.7 Å². The number of benzene rings is 1. The average Bonchev–Trinajstić information content (AvgIpc) is 3.12. The Hall–Kier alpha value is -3.44. The molecule has 0 spiro atoms. The second-order valence-corrected chi connectivity index (χ2v) is 9.48. The van der Waals surface area contributed by atoms with Crippen molar-refractivity contribution in [3.63, 3.8) is 0 Å². The lowest BCUT2D eigenvalue weighted by molar-refractivity contribution is -0.137. The van der Waals surface area contributed by atoms with Crippen molar-refractivity contribution in [2.45, 2.75) is 32.6 Å². The number of aromatic nitrogens is 1. The van der Waals surface area contributed by atoms with E-state index in [0.29, 0.717) is 30.2 Å². The molecule has 3 rings (SSSR count). The van der Waals surface area contributed by atoms with Crippen LogP contribution in [0.4, 0.5) is 11.4 Å². The van der Waals surface area contributed by atoms with E-state index in [0.717, 1.165) is 0 Å². The van der Waals surface area contributed by atoms with E-state index < -0.39 is 21.9 Å². The first-order chi connectivity index (χ1) is 16.1. The van der Waals surface area contributed by atoms with Crippen molar-refractivity contribution in [2.75, 3.05) is 25.0 Å². The number of sulfonamides is 1. The Morgan fingerprint density at radius 1 is 1.18 bits per heavy atom. The molecule has 1 aliphatic rings. The second-order valence-electron chi connectivity index (χ2n) is 7.54. The molecule has 0 unspecified atom stereocenters. The number of aliphatic imine (C=N–C) groups is 1. The van der Waals surface area contributed by atoms with Crippen LogP contribution >= 0.6 is 0 Å². The normalized spacial score (nSPS) is 13.6. The highest BCUT2D eigenvalue weighted by Crippen LogP contribution is 2.30. The molecule has 182 valence electrons. The molecular weight excluding hydrogens is 458 g/mol. The summed E-state index contributed by atoms with van der Waals surface area (Å²) in [5, 5.41) is 5.82. The van der Waals surface area contributed by atoms with E-state index in [1.807, 2.05) is 6.07 Å². The van der Waals surface area contributed by atoms with Crippen LogP contribution in [-0.2, 0) is 26.6 Å². The van der Waals surface area contributed by atoms with Crippen molar-refractivity contribution in [3.8, 4) is 0 Å². The Kier molecular flexibility index (Phi) is 7.57. The van der Waals surface area contributed by atoms with Crippen LogP contribution in [0.1, 0.15) is 38.2 Å². The summed E-state index contributed by atoms with van der Waals surface area (Å²) in [6.07, 6.45) is 1.39. The zero-order valence-electron chi connectivity index (χ0n) is 19.9. The van der Waals surface area contributed by atoms with Crippen molar-refractivity contribution in [2.24, 2.45) is 12.0 Å². The van der Waals surface area contributed by atoms with Gasteiger partial charge in [0.25, 0.3) is 5.91 Å². The number of ether oxygens (including phenoxy) is 1. The summed E-state index contributed by atoms with van der Waals surface area (Å²) in [6, 6.07) is 8.47. The lowest BCUT2D eigenvalue weighted by atomic mass is 10.2. The molecule has 1 aliphatic heterocycles. The maximum atomic E-state index is 13.2. The SMILES string of the molecule is CCOC(=O)C1=C(C)Nc2ccccc2N=C1NC(=O)c1cc(S(=O)(=O)N(CC)CC)cn1C. The van der Waals surface area contributed by atoms with Crippen molar-refractivity contribution in [3.05, 3.63) is 53.5 Å². The molecule has 2 heterocycles. The molecule has 0 radical (unpaired) electrons. The molecule has 1 aromatic heterocycles. The van der Waals surface area contributed by atoms with E-state index in [4.69, 9.17) is 4.74 Å². The van der Waals surface area contributed by atoms with Gasteiger partial charge >= 0.3 is 5.97 Å². The Bertz CT molecular complexity index is 1270. The lowest BCUT2D eigenvalue weighted by Crippen LogP contribution is -2.36. The molecular formula is C23H29N5O5S. The molecule has 0 saturated heterocycles. The fourth-order valence-corrected chi connectivity index (χ4v) is 5.15. The topological polar surface area (TPSA) is 122 Å². The zero-order chi connectivity index (χ0) is 25.0. The van der Waals surface area contributed by atoms with E-state index >= 15 is 0 Å². The number of carbonyl (C=O) groups excluding carboxylic acids is 2. The van der Waals surface area contributed by atoms with Gasteiger partial charge in [0.2, 0.25) is 10.0 Å². The third-order valence-corrected chi connectivity index (χ3v) is 7.35. The number of esters is 1. The first kappa shape index (κ1) is 25.2. The molecule has 2 N–H and O–H groups in total. The zero-order valence-corrected chi connectivity index (χ0v) is 20.7. The highest BCUT2D eigenvalue weighted by molar-refractivity contribution is 7.89. The number of nitrogens with zero attached hydrogens (tertiary/aromatic N) is 3. The van der Waals surface area contributed by atoms with Crippen LogP contribution in [0.5, 0.6) is 0 Å². The van der Waals surface area contributed by atoms with Gasteiger partial charge in [0.05, 0.1) is 18.0 Å². The number of hydrogen-bond acceptors (Lipinski definition) is 7. The number of allylic oxidation sites excluding steroid dienone is 1. The van der Waals surface area contributed by atoms with Gasteiger partial charge in [-0.15, -0.1) is 0 Å². The van der Waals surface area contributed by atoms with Gasteiger partial charge in [0, 0.05) is 32.0 Å². The van der Waals surface area contributed by atoms with Gasteiger partial charge in [0.1, 0.15) is 22.0 Å². The van der Waals surface area contributed by atoms with Gasteiger partial charge in [-0.3, -0.25) is 4.79 Å². The fraction of sp³-hybridized carbons (Fsp3) is 0.348. The fourth-order valence-electron chi connectivity index (χ4n) is 3.62. The predicted molar refractivity (Wildman–Crippen MR) is 129 cm³/mol. The summed E-state index contributed by atoms with van der Waals surface area (Å²) in [6.45, 7) is 7.64. The van der Waals surface area contributed by atoms with Crippen LogP contribution in [0, 0.1) is 0 Å². The number of rotatable bonds is 7. The summed E-state index contributed by atoms with van der Waals surface area (Å²) >= 11 is 0. The maximum absolute atomic E-state index is 13.2. The maximum Gasteiger partial charge on any atom is 0.343 e. The predicted octanol–water partition coefficient (Wildman–Crippen LogP) is 2.78. The van der Waals surface area contributed by atoms with E-state index in [1.165, 1.54) is 21.1 Å². The summed E-state index contributed by atoms with van der Waals surface area (Å²) in [4.78, 5) is 30.5. The quantitative estimate of drug-likeness (QED) is 0.579. The van der Waals surface area contributed by atoms with Crippen LogP contribution in [0.15, 0.2) is 57.7 Å². The van der Waals surface area contributed by atoms with Gasteiger partial charge in [-0.1, -0.05) is 26.0 Å². The van der Waals surface area contributed by atoms with Gasteiger partial charge in [-0.05, 0) is 32.0 Å². The van der Waals surface area contributed by atoms with Crippen molar-refractivity contribution in [1.29, 1.82) is 0 Å². The van der Waals surface area contributed by atoms with Crippen LogP contribution in [0.2, 0.25) is 0 Å². The second kappa shape index (κ2) is 10.2. The number of aryl methyl sites for hydroxylation is 1. The summed E-state index contributed by atoms with van der Waals surface area (Å²) in [5.74, 6) is -1.25. The van der Waals surface area contributed by atoms with Crippen molar-refractivity contribution < 1.29 is 22.7 Å². The number of fused-ring (bicyclic) bond motifs is 1. The summed E-state index contributed by atoms with van der Waals surface area (Å²) in [7, 11) is -2.17. The summed E-state index contributed by atoms with van der Waals surface area (Å²) < 4.78 is 33.7. The van der Waals surface area contributed by atoms with E-state index in [9.17, 15) is 18.0 Å². The average molecular weight is 488 g/mol. The number of amidine groups is 1. The van der Waals surface area contributed by atoms with Crippen molar-refractivity contribution >= 4 is 39.1 Å². The Labute approximate surface area is 199 Å². The molecule has 11 heteroatoms. The van der Waals surface area contributed by atoms with Gasteiger partial charge < -0.3 is 19.9 Å². The number of para-hydroxylation sites is 2. The van der Waals surface area contributed by atoms with Crippen molar-refractivity contribution in [1.82, 2.24) is 14.2 Å². The van der Waals surface area contributed by atoms with E-state index in [1.54, 1.807) is 52.9 Å². The lowest BCUT2D eigenvalue weighted by Gasteiger charge is -2.17. The molecule has 0 aliphatic carbocycles. The number of amides is 1. The highest BCUT2D eigenvalue weighted by Gasteiger charge is 2.29. The first-order valence-corrected chi connectivity index (χ1v) is 12.4. The van der Waals surface area contributed by atoms with Gasteiger partial charge in [0.15, 0.2) is 0 Å². The molecule has 10 nitrogen and oxygen atoms in total. The Morgan fingerprint density at radius 2 is 1.85 bits per heavy atom.